The van der Waals surface area contributed by atoms with Crippen LogP contribution in [0.5, 0.6) is 0 Å². The standard InChI is InChI=1S/C30H36N2O8/c1-18(2)27-29(36)32(5)20(4)28(35)31-19(3)30(37)39-24(22-14-10-7-11-15-22)17-25(33)38-23(16-26(34)40-27)21-12-8-6-9-13-21/h6-15,18-20,23-24,27H,16-17H2,1-5H3,(H,31,35). The van der Waals surface area contributed by atoms with Crippen LogP contribution in [-0.4, -0.2) is 59.9 Å². The molecule has 0 radical (unpaired) electrons. The van der Waals surface area contributed by atoms with Gasteiger partial charge in [0.05, 0.1) is 12.8 Å². The fourth-order valence-corrected chi connectivity index (χ4v) is 4.16. The maximum Gasteiger partial charge on any atom is 0.328 e. The third kappa shape index (κ3) is 7.91. The minimum atomic E-state index is -1.18. The Morgan fingerprint density at radius 2 is 1.23 bits per heavy atom. The van der Waals surface area contributed by atoms with Gasteiger partial charge in [0, 0.05) is 7.05 Å². The minimum Gasteiger partial charge on any atom is -0.457 e. The third-order valence-electron chi connectivity index (χ3n) is 6.71. The Kier molecular flexibility index (Phi) is 10.4. The van der Waals surface area contributed by atoms with Crippen molar-refractivity contribution in [1.82, 2.24) is 10.2 Å². The average Bonchev–Trinajstić information content (AvgIpc) is 2.94. The normalized spacial score (nSPS) is 25.9. The Morgan fingerprint density at radius 3 is 1.73 bits per heavy atom. The van der Waals surface area contributed by atoms with Crippen LogP contribution in [0.3, 0.4) is 0 Å². The zero-order valence-electron chi connectivity index (χ0n) is 23.4. The Morgan fingerprint density at radius 1 is 0.750 bits per heavy atom. The van der Waals surface area contributed by atoms with Crippen LogP contribution in [0.25, 0.3) is 0 Å². The van der Waals surface area contributed by atoms with E-state index in [0.717, 1.165) is 0 Å². The van der Waals surface area contributed by atoms with E-state index in [2.05, 4.69) is 5.32 Å². The molecule has 5 unspecified atom stereocenters. The van der Waals surface area contributed by atoms with E-state index in [4.69, 9.17) is 14.2 Å². The lowest BCUT2D eigenvalue weighted by molar-refractivity contribution is -0.168. The quantitative estimate of drug-likeness (QED) is 0.454. The molecule has 1 aliphatic rings. The van der Waals surface area contributed by atoms with Gasteiger partial charge < -0.3 is 24.4 Å². The molecule has 2 amide bonds. The van der Waals surface area contributed by atoms with Crippen LogP contribution < -0.4 is 5.32 Å². The maximum absolute atomic E-state index is 13.3. The van der Waals surface area contributed by atoms with E-state index < -0.39 is 66.0 Å². The highest BCUT2D eigenvalue weighted by atomic mass is 16.6. The summed E-state index contributed by atoms with van der Waals surface area (Å²) in [6, 6.07) is 15.3. The summed E-state index contributed by atoms with van der Waals surface area (Å²) in [5, 5.41) is 2.56. The average molecular weight is 553 g/mol. The number of nitrogens with one attached hydrogen (secondary N) is 1. The molecule has 40 heavy (non-hydrogen) atoms. The first-order valence-electron chi connectivity index (χ1n) is 13.2. The molecular formula is C30H36N2O8. The number of ether oxygens (including phenoxy) is 3. The van der Waals surface area contributed by atoms with Crippen molar-refractivity contribution >= 4 is 29.7 Å². The van der Waals surface area contributed by atoms with E-state index in [0.29, 0.717) is 11.1 Å². The maximum atomic E-state index is 13.3. The summed E-state index contributed by atoms with van der Waals surface area (Å²) in [6.07, 6.45) is -3.88. The van der Waals surface area contributed by atoms with Crippen LogP contribution in [0, 0.1) is 5.92 Å². The molecule has 0 aliphatic carbocycles. The largest absolute Gasteiger partial charge is 0.457 e. The van der Waals surface area contributed by atoms with Crippen LogP contribution in [0.15, 0.2) is 60.7 Å². The second-order valence-electron chi connectivity index (χ2n) is 10.1. The number of hydrogen-bond donors (Lipinski definition) is 1. The van der Waals surface area contributed by atoms with Gasteiger partial charge in [-0.2, -0.15) is 0 Å². The lowest BCUT2D eigenvalue weighted by Gasteiger charge is -2.30. The molecular weight excluding hydrogens is 516 g/mol. The topological polar surface area (TPSA) is 128 Å². The molecule has 0 spiro atoms. The van der Waals surface area contributed by atoms with Gasteiger partial charge in [-0.1, -0.05) is 74.5 Å². The Balaban J connectivity index is 1.99. The van der Waals surface area contributed by atoms with Crippen molar-refractivity contribution in [2.45, 2.75) is 70.9 Å². The Hall–Kier alpha value is -4.21. The SMILES string of the molecule is CC1NC(=O)C(C)N(C)C(=O)C(C(C)C)OC(=O)CC(c2ccccc2)OC(=O)CC(c2ccccc2)OC1=O. The molecule has 5 atom stereocenters. The van der Waals surface area contributed by atoms with E-state index in [1.165, 1.54) is 25.8 Å². The third-order valence-corrected chi connectivity index (χ3v) is 6.71. The first-order valence-corrected chi connectivity index (χ1v) is 13.2. The molecule has 214 valence electrons. The number of amides is 2. The van der Waals surface area contributed by atoms with Crippen LogP contribution in [0.1, 0.15) is 63.9 Å². The molecule has 10 heteroatoms. The van der Waals surface area contributed by atoms with Gasteiger partial charge in [-0.15, -0.1) is 0 Å². The molecule has 1 N–H and O–H groups in total. The van der Waals surface area contributed by atoms with E-state index in [1.54, 1.807) is 74.5 Å². The van der Waals surface area contributed by atoms with Gasteiger partial charge >= 0.3 is 17.9 Å². The summed E-state index contributed by atoms with van der Waals surface area (Å²) in [4.78, 5) is 66.6. The van der Waals surface area contributed by atoms with Crippen molar-refractivity contribution < 1.29 is 38.2 Å². The lowest BCUT2D eigenvalue weighted by Crippen LogP contribution is -2.53. The number of likely N-dealkylation sites (N-methyl/N-ethyl adjacent to an activating group) is 1. The van der Waals surface area contributed by atoms with Crippen LogP contribution >= 0.6 is 0 Å². The van der Waals surface area contributed by atoms with Gasteiger partial charge in [-0.05, 0) is 30.9 Å². The van der Waals surface area contributed by atoms with Gasteiger partial charge in [0.1, 0.15) is 24.3 Å². The monoisotopic (exact) mass is 552 g/mol. The van der Waals surface area contributed by atoms with Gasteiger partial charge in [0.2, 0.25) is 5.91 Å². The van der Waals surface area contributed by atoms with Crippen molar-refractivity contribution in [2.24, 2.45) is 5.92 Å². The lowest BCUT2D eigenvalue weighted by atomic mass is 10.0. The number of carbonyl (C=O) groups is 5. The van der Waals surface area contributed by atoms with E-state index >= 15 is 0 Å². The molecule has 1 fully saturated rings. The molecule has 1 saturated heterocycles. The van der Waals surface area contributed by atoms with E-state index in [-0.39, 0.29) is 12.8 Å². The summed E-state index contributed by atoms with van der Waals surface area (Å²) >= 11 is 0. The fourth-order valence-electron chi connectivity index (χ4n) is 4.16. The summed E-state index contributed by atoms with van der Waals surface area (Å²) in [7, 11) is 1.42. The highest BCUT2D eigenvalue weighted by molar-refractivity contribution is 5.92. The van der Waals surface area contributed by atoms with Gasteiger partial charge in [0.15, 0.2) is 6.10 Å². The second-order valence-corrected chi connectivity index (χ2v) is 10.1. The zero-order valence-corrected chi connectivity index (χ0v) is 23.4. The number of esters is 3. The van der Waals surface area contributed by atoms with Crippen molar-refractivity contribution in [2.75, 3.05) is 7.05 Å². The smallest absolute Gasteiger partial charge is 0.328 e. The second kappa shape index (κ2) is 13.7. The molecule has 2 aromatic carbocycles. The summed E-state index contributed by atoms with van der Waals surface area (Å²) in [6.45, 7) is 6.39. The predicted octanol–water partition coefficient (Wildman–Crippen LogP) is 3.27. The van der Waals surface area contributed by atoms with Crippen LogP contribution in [-0.2, 0) is 38.2 Å². The summed E-state index contributed by atoms with van der Waals surface area (Å²) in [5.74, 6) is -3.81. The van der Waals surface area contributed by atoms with Gasteiger partial charge in [0.25, 0.3) is 5.91 Å². The highest BCUT2D eigenvalue weighted by Crippen LogP contribution is 2.28. The number of hydrogen-bond acceptors (Lipinski definition) is 8. The van der Waals surface area contributed by atoms with Crippen molar-refractivity contribution in [1.29, 1.82) is 0 Å². The molecule has 10 nitrogen and oxygen atoms in total. The van der Waals surface area contributed by atoms with Gasteiger partial charge in [-0.3, -0.25) is 19.2 Å². The van der Waals surface area contributed by atoms with Crippen LogP contribution in [0.2, 0.25) is 0 Å². The number of nitrogens with zero attached hydrogens (tertiary/aromatic N) is 1. The fraction of sp³-hybridized carbons (Fsp3) is 0.433. The van der Waals surface area contributed by atoms with Crippen LogP contribution in [0.4, 0.5) is 0 Å². The number of cyclic esters (lactones) is 3. The number of rotatable bonds is 3. The molecule has 0 saturated carbocycles. The Labute approximate surface area is 234 Å². The summed E-state index contributed by atoms with van der Waals surface area (Å²) < 4.78 is 17.0. The molecule has 1 aliphatic heterocycles. The zero-order chi connectivity index (χ0) is 29.4. The van der Waals surface area contributed by atoms with E-state index in [9.17, 15) is 24.0 Å². The molecule has 1 heterocycles. The molecule has 2 aromatic rings. The van der Waals surface area contributed by atoms with Crippen molar-refractivity contribution in [3.63, 3.8) is 0 Å². The highest BCUT2D eigenvalue weighted by Gasteiger charge is 2.36. The van der Waals surface area contributed by atoms with Crippen molar-refractivity contribution in [3.8, 4) is 0 Å². The first-order chi connectivity index (χ1) is 19.0. The van der Waals surface area contributed by atoms with Crippen molar-refractivity contribution in [3.05, 3.63) is 71.8 Å². The molecule has 3 rings (SSSR count). The van der Waals surface area contributed by atoms with E-state index in [1.807, 2.05) is 0 Å². The molecule has 0 bridgehead atoms. The van der Waals surface area contributed by atoms with Gasteiger partial charge in [-0.25, -0.2) is 4.79 Å². The first kappa shape index (κ1) is 30.3. The predicted molar refractivity (Wildman–Crippen MR) is 144 cm³/mol. The summed E-state index contributed by atoms with van der Waals surface area (Å²) in [5.41, 5.74) is 1.11. The number of benzene rings is 2. The molecule has 0 aromatic heterocycles. The Bertz CT molecular complexity index is 1200. The minimum absolute atomic E-state index is 0.332. The number of carbonyl (C=O) groups excluding carboxylic acids is 5.